The Bertz CT molecular complexity index is 408. The molecule has 1 amide bonds. The highest BCUT2D eigenvalue weighted by atomic mass is 16.3. The lowest BCUT2D eigenvalue weighted by Gasteiger charge is -2.25. The first-order valence-electron chi connectivity index (χ1n) is 5.54. The molecule has 0 spiro atoms. The maximum Gasteiger partial charge on any atom is 0.274 e. The summed E-state index contributed by atoms with van der Waals surface area (Å²) in [5, 5.41) is 14.7. The minimum absolute atomic E-state index is 0.0165. The van der Waals surface area contributed by atoms with Crippen LogP contribution in [-0.2, 0) is 0 Å². The van der Waals surface area contributed by atoms with Crippen molar-refractivity contribution in [1.29, 1.82) is 0 Å². The molecule has 17 heavy (non-hydrogen) atoms. The van der Waals surface area contributed by atoms with Gasteiger partial charge in [0.15, 0.2) is 0 Å². The number of carbonyl (C=O) groups is 1. The quantitative estimate of drug-likeness (QED) is 0.757. The second kappa shape index (κ2) is 6.15. The average Bonchev–Trinajstić information content (AvgIpc) is 2.29. The molecule has 0 radical (unpaired) electrons. The van der Waals surface area contributed by atoms with Crippen LogP contribution in [0.2, 0.25) is 0 Å². The van der Waals surface area contributed by atoms with Gasteiger partial charge in [0.1, 0.15) is 5.69 Å². The molecule has 0 saturated carbocycles. The van der Waals surface area contributed by atoms with Crippen LogP contribution >= 0.6 is 0 Å². The van der Waals surface area contributed by atoms with Crippen LogP contribution in [-0.4, -0.2) is 45.3 Å². The topological polar surface area (TPSA) is 86.3 Å². The molecular formula is C11H17N3O3. The smallest absolute Gasteiger partial charge is 0.274 e. The number of aromatic nitrogens is 2. The zero-order valence-electron chi connectivity index (χ0n) is 10.0. The van der Waals surface area contributed by atoms with Crippen LogP contribution in [0.3, 0.4) is 0 Å². The molecule has 6 nitrogen and oxygen atoms in total. The molecule has 0 unspecified atom stereocenters. The highest BCUT2D eigenvalue weighted by Gasteiger charge is 2.19. The molecule has 0 aliphatic rings. The number of nitrogens with zero attached hydrogens (tertiary/aromatic N) is 2. The second-order valence-corrected chi connectivity index (χ2v) is 3.98. The third kappa shape index (κ3) is 3.67. The fourth-order valence-corrected chi connectivity index (χ4v) is 1.45. The van der Waals surface area contributed by atoms with Gasteiger partial charge in [-0.2, -0.15) is 5.10 Å². The number of aliphatic hydroxyl groups is 1. The van der Waals surface area contributed by atoms with Crippen molar-refractivity contribution in [2.24, 2.45) is 0 Å². The molecule has 1 aromatic heterocycles. The monoisotopic (exact) mass is 239 g/mol. The number of nitrogens with one attached hydrogen (secondary N) is 1. The van der Waals surface area contributed by atoms with Gasteiger partial charge in [0.05, 0.1) is 0 Å². The average molecular weight is 239 g/mol. The Balaban J connectivity index is 2.83. The van der Waals surface area contributed by atoms with Crippen LogP contribution < -0.4 is 5.56 Å². The van der Waals surface area contributed by atoms with Crippen molar-refractivity contribution in [2.75, 3.05) is 13.2 Å². The number of carbonyl (C=O) groups excluding carboxylic acids is 1. The molecule has 0 saturated heterocycles. The summed E-state index contributed by atoms with van der Waals surface area (Å²) in [4.78, 5) is 24.5. The van der Waals surface area contributed by atoms with E-state index in [1.54, 1.807) is 4.90 Å². The van der Waals surface area contributed by atoms with E-state index in [2.05, 4.69) is 10.2 Å². The molecule has 94 valence electrons. The first-order chi connectivity index (χ1) is 8.06. The number of aromatic amines is 1. The molecule has 0 fully saturated rings. The molecule has 0 atom stereocenters. The molecule has 0 aromatic carbocycles. The Labute approximate surface area is 99.3 Å². The summed E-state index contributed by atoms with van der Waals surface area (Å²) in [6.07, 6.45) is 0.521. The Morgan fingerprint density at radius 2 is 2.24 bits per heavy atom. The Morgan fingerprint density at radius 3 is 2.71 bits per heavy atom. The van der Waals surface area contributed by atoms with Crippen molar-refractivity contribution in [2.45, 2.75) is 26.3 Å². The van der Waals surface area contributed by atoms with Crippen molar-refractivity contribution < 1.29 is 9.90 Å². The number of H-pyrrole nitrogens is 1. The van der Waals surface area contributed by atoms with Crippen LogP contribution in [0.15, 0.2) is 16.9 Å². The van der Waals surface area contributed by atoms with E-state index in [4.69, 9.17) is 5.11 Å². The largest absolute Gasteiger partial charge is 0.396 e. The van der Waals surface area contributed by atoms with E-state index >= 15 is 0 Å². The molecule has 0 bridgehead atoms. The van der Waals surface area contributed by atoms with E-state index in [0.717, 1.165) is 0 Å². The molecule has 1 heterocycles. The van der Waals surface area contributed by atoms with Gasteiger partial charge in [-0.15, -0.1) is 0 Å². The van der Waals surface area contributed by atoms with E-state index in [1.165, 1.54) is 12.1 Å². The van der Waals surface area contributed by atoms with Crippen molar-refractivity contribution in [1.82, 2.24) is 15.1 Å². The van der Waals surface area contributed by atoms with E-state index in [-0.39, 0.29) is 29.8 Å². The third-order valence-corrected chi connectivity index (χ3v) is 2.34. The zero-order chi connectivity index (χ0) is 12.8. The highest BCUT2D eigenvalue weighted by molar-refractivity contribution is 5.92. The van der Waals surface area contributed by atoms with Crippen molar-refractivity contribution in [3.05, 3.63) is 28.2 Å². The number of hydrogen-bond donors (Lipinski definition) is 2. The first kappa shape index (κ1) is 13.4. The van der Waals surface area contributed by atoms with E-state index < -0.39 is 0 Å². The van der Waals surface area contributed by atoms with Gasteiger partial charge in [-0.1, -0.05) is 0 Å². The lowest BCUT2D eigenvalue weighted by molar-refractivity contribution is 0.0685. The number of hydrogen-bond acceptors (Lipinski definition) is 4. The molecule has 1 aromatic rings. The molecule has 6 heteroatoms. The van der Waals surface area contributed by atoms with Gasteiger partial charge >= 0.3 is 0 Å². The third-order valence-electron chi connectivity index (χ3n) is 2.34. The fourth-order valence-electron chi connectivity index (χ4n) is 1.45. The summed E-state index contributed by atoms with van der Waals surface area (Å²) in [6.45, 7) is 4.28. The maximum atomic E-state index is 12.1. The molecule has 2 N–H and O–H groups in total. The van der Waals surface area contributed by atoms with Gasteiger partial charge in [0.25, 0.3) is 11.5 Å². The van der Waals surface area contributed by atoms with Crippen LogP contribution in [0, 0.1) is 0 Å². The van der Waals surface area contributed by atoms with Crippen LogP contribution in [0.4, 0.5) is 0 Å². The minimum atomic E-state index is -0.340. The summed E-state index contributed by atoms with van der Waals surface area (Å²) in [7, 11) is 0. The van der Waals surface area contributed by atoms with Gasteiger partial charge in [-0.3, -0.25) is 9.59 Å². The van der Waals surface area contributed by atoms with Crippen molar-refractivity contribution in [3.63, 3.8) is 0 Å². The summed E-state index contributed by atoms with van der Waals surface area (Å²) >= 11 is 0. The van der Waals surface area contributed by atoms with E-state index in [0.29, 0.717) is 13.0 Å². The summed E-state index contributed by atoms with van der Waals surface area (Å²) < 4.78 is 0. The Kier molecular flexibility index (Phi) is 4.84. The first-order valence-corrected chi connectivity index (χ1v) is 5.54. The van der Waals surface area contributed by atoms with Gasteiger partial charge in [-0.25, -0.2) is 5.10 Å². The standard InChI is InChI=1S/C11H17N3O3/c1-8(2)14(6-3-7-15)11(17)9-4-5-10(16)13-12-9/h4-5,8,15H,3,6-7H2,1-2H3,(H,13,16). The van der Waals surface area contributed by atoms with E-state index in [1.807, 2.05) is 13.8 Å². The molecule has 0 aliphatic heterocycles. The zero-order valence-corrected chi connectivity index (χ0v) is 10.0. The van der Waals surface area contributed by atoms with Gasteiger partial charge < -0.3 is 10.0 Å². The minimum Gasteiger partial charge on any atom is -0.396 e. The highest BCUT2D eigenvalue weighted by Crippen LogP contribution is 2.05. The van der Waals surface area contributed by atoms with Crippen molar-refractivity contribution in [3.8, 4) is 0 Å². The summed E-state index contributed by atoms with van der Waals surface area (Å²) in [6, 6.07) is 2.68. The Hall–Kier alpha value is -1.69. The predicted molar refractivity (Wildman–Crippen MR) is 62.7 cm³/mol. The molecule has 1 rings (SSSR count). The number of rotatable bonds is 5. The second-order valence-electron chi connectivity index (χ2n) is 3.98. The predicted octanol–water partition coefficient (Wildman–Crippen LogP) is 0.00290. The van der Waals surface area contributed by atoms with Gasteiger partial charge in [0.2, 0.25) is 0 Å². The Morgan fingerprint density at radius 1 is 1.53 bits per heavy atom. The number of amides is 1. The normalized spacial score (nSPS) is 10.6. The SMILES string of the molecule is CC(C)N(CCCO)C(=O)c1ccc(=O)[nH]n1. The fraction of sp³-hybridized carbons (Fsp3) is 0.545. The number of aliphatic hydroxyl groups excluding tert-OH is 1. The lowest BCUT2D eigenvalue weighted by atomic mass is 10.2. The van der Waals surface area contributed by atoms with Crippen LogP contribution in [0.1, 0.15) is 30.8 Å². The molecule has 0 aliphatic carbocycles. The maximum absolute atomic E-state index is 12.1. The summed E-state index contributed by atoms with van der Waals surface area (Å²) in [5.74, 6) is -0.246. The van der Waals surface area contributed by atoms with Crippen LogP contribution in [0.5, 0.6) is 0 Å². The van der Waals surface area contributed by atoms with Crippen LogP contribution in [0.25, 0.3) is 0 Å². The summed E-state index contributed by atoms with van der Waals surface area (Å²) in [5.41, 5.74) is -0.135. The van der Waals surface area contributed by atoms with Gasteiger partial charge in [0, 0.05) is 25.3 Å². The molecular weight excluding hydrogens is 222 g/mol. The van der Waals surface area contributed by atoms with Crippen molar-refractivity contribution >= 4 is 5.91 Å². The van der Waals surface area contributed by atoms with E-state index in [9.17, 15) is 9.59 Å². The van der Waals surface area contributed by atoms with Gasteiger partial charge in [-0.05, 0) is 26.3 Å². The lowest BCUT2D eigenvalue weighted by Crippen LogP contribution is -2.38.